The average Bonchev–Trinajstić information content (AvgIpc) is 3.75. The summed E-state index contributed by atoms with van der Waals surface area (Å²) in [7, 11) is 1.65. The topological polar surface area (TPSA) is 89.0 Å². The van der Waals surface area contributed by atoms with Crippen molar-refractivity contribution in [2.45, 2.75) is 32.0 Å². The molecule has 6 rings (SSSR count). The molecule has 0 spiro atoms. The third kappa shape index (κ3) is 5.33. The molecule has 1 aliphatic rings. The van der Waals surface area contributed by atoms with Crippen LogP contribution in [0.1, 0.15) is 40.0 Å². The number of aryl methyl sites for hydroxylation is 1. The van der Waals surface area contributed by atoms with Crippen LogP contribution < -0.4 is 15.4 Å². The van der Waals surface area contributed by atoms with E-state index in [1.165, 1.54) is 12.3 Å². The van der Waals surface area contributed by atoms with E-state index in [1.54, 1.807) is 13.2 Å². The minimum Gasteiger partial charge on any atom is -0.497 e. The number of pyridine rings is 3. The maximum atomic E-state index is 14.4. The Labute approximate surface area is 231 Å². The van der Waals surface area contributed by atoms with Crippen molar-refractivity contribution in [1.29, 1.82) is 0 Å². The average molecular weight is 534 g/mol. The van der Waals surface area contributed by atoms with Crippen LogP contribution in [0.5, 0.6) is 5.75 Å². The summed E-state index contributed by atoms with van der Waals surface area (Å²) in [5.41, 5.74) is 4.81. The minimum absolute atomic E-state index is 0.307. The maximum absolute atomic E-state index is 14.4. The van der Waals surface area contributed by atoms with Gasteiger partial charge in [-0.05, 0) is 78.9 Å². The minimum atomic E-state index is -1.39. The van der Waals surface area contributed by atoms with Gasteiger partial charge < -0.3 is 15.4 Å². The number of nitrogens with one attached hydrogen (secondary N) is 2. The molecule has 2 aromatic carbocycles. The molecule has 0 aliphatic heterocycles. The van der Waals surface area contributed by atoms with Gasteiger partial charge in [0.25, 0.3) is 5.91 Å². The Hall–Kier alpha value is -4.85. The summed E-state index contributed by atoms with van der Waals surface area (Å²) >= 11 is 0. The predicted molar refractivity (Wildman–Crippen MR) is 154 cm³/mol. The summed E-state index contributed by atoms with van der Waals surface area (Å²) in [6.45, 7) is 2.65. The molecule has 1 aliphatic carbocycles. The van der Waals surface area contributed by atoms with Crippen LogP contribution in [0.2, 0.25) is 0 Å². The highest BCUT2D eigenvalue weighted by molar-refractivity contribution is 6.04. The number of rotatable bonds is 8. The van der Waals surface area contributed by atoms with Crippen LogP contribution >= 0.6 is 0 Å². The van der Waals surface area contributed by atoms with Crippen LogP contribution in [0, 0.1) is 6.92 Å². The number of alkyl halides is 1. The summed E-state index contributed by atoms with van der Waals surface area (Å²) < 4.78 is 19.7. The zero-order chi connectivity index (χ0) is 27.7. The van der Waals surface area contributed by atoms with Crippen molar-refractivity contribution in [2.75, 3.05) is 17.7 Å². The molecule has 1 amide bonds. The summed E-state index contributed by atoms with van der Waals surface area (Å²) in [5.74, 6) is 1.25. The molecule has 40 heavy (non-hydrogen) atoms. The number of nitrogens with zero attached hydrogens (tertiary/aromatic N) is 3. The lowest BCUT2D eigenvalue weighted by Crippen LogP contribution is -2.13. The SMILES string of the molecule is COc1ccc(CNc2cc3ncc(-c4cc(NC(=O)c5ccnc(C6(F)CC6)c5)ccc4C)cc3cn2)cc1. The zero-order valence-corrected chi connectivity index (χ0v) is 22.2. The molecular weight excluding hydrogens is 505 g/mol. The number of carbonyl (C=O) groups is 1. The van der Waals surface area contributed by atoms with Crippen molar-refractivity contribution in [3.05, 3.63) is 108 Å². The number of amides is 1. The molecule has 0 unspecified atom stereocenters. The summed E-state index contributed by atoms with van der Waals surface area (Å²) in [6, 6.07) is 20.7. The molecule has 3 aromatic heterocycles. The van der Waals surface area contributed by atoms with E-state index in [0.29, 0.717) is 36.3 Å². The quantitative estimate of drug-likeness (QED) is 0.227. The second kappa shape index (κ2) is 10.4. The van der Waals surface area contributed by atoms with Gasteiger partial charge in [-0.25, -0.2) is 9.37 Å². The van der Waals surface area contributed by atoms with Gasteiger partial charge in [0.15, 0.2) is 5.67 Å². The largest absolute Gasteiger partial charge is 0.497 e. The Kier molecular flexibility index (Phi) is 6.59. The third-order valence-corrected chi connectivity index (χ3v) is 7.17. The van der Waals surface area contributed by atoms with Gasteiger partial charge in [0, 0.05) is 53.4 Å². The number of carbonyl (C=O) groups excluding carboxylic acids is 1. The van der Waals surface area contributed by atoms with Crippen LogP contribution in [0.4, 0.5) is 15.9 Å². The van der Waals surface area contributed by atoms with Crippen molar-refractivity contribution in [3.8, 4) is 16.9 Å². The lowest BCUT2D eigenvalue weighted by atomic mass is 10.00. The van der Waals surface area contributed by atoms with E-state index in [4.69, 9.17) is 4.74 Å². The van der Waals surface area contributed by atoms with Gasteiger partial charge in [0.05, 0.1) is 18.3 Å². The first-order chi connectivity index (χ1) is 19.4. The molecule has 3 heterocycles. The van der Waals surface area contributed by atoms with Crippen molar-refractivity contribution < 1.29 is 13.9 Å². The fraction of sp³-hybridized carbons (Fsp3) is 0.188. The van der Waals surface area contributed by atoms with Crippen molar-refractivity contribution in [1.82, 2.24) is 15.0 Å². The van der Waals surface area contributed by atoms with Gasteiger partial charge in [-0.1, -0.05) is 18.2 Å². The normalized spacial score (nSPS) is 13.6. The van der Waals surface area contributed by atoms with Crippen molar-refractivity contribution >= 4 is 28.3 Å². The smallest absolute Gasteiger partial charge is 0.255 e. The monoisotopic (exact) mass is 533 g/mol. The van der Waals surface area contributed by atoms with Crippen LogP contribution in [-0.2, 0) is 12.2 Å². The number of hydrogen-bond acceptors (Lipinski definition) is 6. The lowest BCUT2D eigenvalue weighted by Gasteiger charge is -2.12. The predicted octanol–water partition coefficient (Wildman–Crippen LogP) is 6.83. The van der Waals surface area contributed by atoms with E-state index >= 15 is 0 Å². The first kappa shape index (κ1) is 25.4. The van der Waals surface area contributed by atoms with Gasteiger partial charge >= 0.3 is 0 Å². The molecule has 200 valence electrons. The zero-order valence-electron chi connectivity index (χ0n) is 22.2. The summed E-state index contributed by atoms with van der Waals surface area (Å²) in [6.07, 6.45) is 6.02. The second-order valence-electron chi connectivity index (χ2n) is 10.1. The Balaban J connectivity index is 1.18. The number of ether oxygens (including phenoxy) is 1. The molecule has 0 radical (unpaired) electrons. The van der Waals surface area contributed by atoms with Gasteiger partial charge in [0.1, 0.15) is 11.6 Å². The number of methoxy groups -OCH3 is 1. The highest BCUT2D eigenvalue weighted by Crippen LogP contribution is 2.48. The van der Waals surface area contributed by atoms with Crippen LogP contribution in [0.15, 0.2) is 85.3 Å². The maximum Gasteiger partial charge on any atom is 0.255 e. The van der Waals surface area contributed by atoms with Crippen LogP contribution in [-0.4, -0.2) is 28.0 Å². The third-order valence-electron chi connectivity index (χ3n) is 7.17. The van der Waals surface area contributed by atoms with E-state index in [1.807, 2.05) is 73.9 Å². The molecule has 7 nitrogen and oxygen atoms in total. The van der Waals surface area contributed by atoms with Gasteiger partial charge in [-0.3, -0.25) is 14.8 Å². The molecule has 5 aromatic rings. The van der Waals surface area contributed by atoms with Gasteiger partial charge in [-0.15, -0.1) is 0 Å². The lowest BCUT2D eigenvalue weighted by molar-refractivity contribution is 0.102. The Morgan fingerprint density at radius 3 is 2.58 bits per heavy atom. The standard InChI is InChI=1S/C32H28FN5O2/c1-20-3-6-25(38-31(39)22-9-12-34-29(14-22)32(33)10-11-32)15-27(20)23-13-24-19-37-30(16-28(24)35-18-23)36-17-21-4-7-26(40-2)8-5-21/h3-9,12-16,18-19H,10-11,17H2,1-2H3,(H,36,37)(H,38,39). The van der Waals surface area contributed by atoms with E-state index in [0.717, 1.165) is 44.7 Å². The van der Waals surface area contributed by atoms with Crippen molar-refractivity contribution in [3.63, 3.8) is 0 Å². The van der Waals surface area contributed by atoms with E-state index in [9.17, 15) is 9.18 Å². The van der Waals surface area contributed by atoms with E-state index < -0.39 is 5.67 Å². The number of fused-ring (bicyclic) bond motifs is 1. The number of benzene rings is 2. The molecule has 1 fully saturated rings. The second-order valence-corrected chi connectivity index (χ2v) is 10.1. The number of hydrogen-bond donors (Lipinski definition) is 2. The Morgan fingerprint density at radius 1 is 0.975 bits per heavy atom. The molecule has 0 saturated heterocycles. The molecule has 2 N–H and O–H groups in total. The van der Waals surface area contributed by atoms with E-state index in [-0.39, 0.29) is 5.91 Å². The molecular formula is C32H28FN5O2. The number of anilines is 2. The van der Waals surface area contributed by atoms with Gasteiger partial charge in [-0.2, -0.15) is 0 Å². The fourth-order valence-electron chi connectivity index (χ4n) is 4.60. The fourth-order valence-corrected chi connectivity index (χ4v) is 4.60. The summed E-state index contributed by atoms with van der Waals surface area (Å²) in [5, 5.41) is 7.19. The first-order valence-electron chi connectivity index (χ1n) is 13.1. The molecule has 8 heteroatoms. The molecule has 0 bridgehead atoms. The van der Waals surface area contributed by atoms with E-state index in [2.05, 4.69) is 25.6 Å². The Bertz CT molecular complexity index is 1720. The first-order valence-corrected chi connectivity index (χ1v) is 13.1. The Morgan fingerprint density at radius 2 is 1.80 bits per heavy atom. The molecule has 0 atom stereocenters. The number of aromatic nitrogens is 3. The highest BCUT2D eigenvalue weighted by Gasteiger charge is 2.46. The number of halogens is 1. The van der Waals surface area contributed by atoms with Crippen molar-refractivity contribution in [2.24, 2.45) is 0 Å². The van der Waals surface area contributed by atoms with Gasteiger partial charge in [0.2, 0.25) is 0 Å². The van der Waals surface area contributed by atoms with Crippen LogP contribution in [0.25, 0.3) is 22.0 Å². The molecule has 1 saturated carbocycles. The highest BCUT2D eigenvalue weighted by atomic mass is 19.1. The van der Waals surface area contributed by atoms with Crippen LogP contribution in [0.3, 0.4) is 0 Å². The summed E-state index contributed by atoms with van der Waals surface area (Å²) in [4.78, 5) is 26.3.